The SMILES string of the molecule is Cc1ccc(C(=O)NCC(=O)N[C@@H](C)c2ccco2)cc1C. The van der Waals surface area contributed by atoms with E-state index in [1.165, 1.54) is 0 Å². The van der Waals surface area contributed by atoms with Crippen molar-refractivity contribution in [2.75, 3.05) is 6.54 Å². The molecule has 1 heterocycles. The van der Waals surface area contributed by atoms with Gasteiger partial charge in [0, 0.05) is 5.56 Å². The van der Waals surface area contributed by atoms with Crippen LogP contribution in [0, 0.1) is 13.8 Å². The molecule has 0 unspecified atom stereocenters. The number of aryl methyl sites for hydroxylation is 2. The molecule has 22 heavy (non-hydrogen) atoms. The van der Waals surface area contributed by atoms with Crippen LogP contribution in [-0.2, 0) is 4.79 Å². The lowest BCUT2D eigenvalue weighted by molar-refractivity contribution is -0.120. The fourth-order valence-electron chi connectivity index (χ4n) is 2.05. The van der Waals surface area contributed by atoms with Crippen LogP contribution in [0.2, 0.25) is 0 Å². The second-order valence-corrected chi connectivity index (χ2v) is 5.29. The fraction of sp³-hybridized carbons (Fsp3) is 0.294. The van der Waals surface area contributed by atoms with Gasteiger partial charge in [-0.3, -0.25) is 9.59 Å². The van der Waals surface area contributed by atoms with Gasteiger partial charge in [-0.2, -0.15) is 0 Å². The van der Waals surface area contributed by atoms with E-state index in [4.69, 9.17) is 4.42 Å². The van der Waals surface area contributed by atoms with E-state index in [2.05, 4.69) is 10.6 Å². The van der Waals surface area contributed by atoms with E-state index in [0.717, 1.165) is 11.1 Å². The molecule has 116 valence electrons. The van der Waals surface area contributed by atoms with E-state index in [-0.39, 0.29) is 24.4 Å². The summed E-state index contributed by atoms with van der Waals surface area (Å²) in [6, 6.07) is 8.78. The molecule has 1 aromatic heterocycles. The zero-order valence-corrected chi connectivity index (χ0v) is 13.0. The van der Waals surface area contributed by atoms with Crippen LogP contribution >= 0.6 is 0 Å². The van der Waals surface area contributed by atoms with Gasteiger partial charge in [0.05, 0.1) is 18.8 Å². The van der Waals surface area contributed by atoms with Crippen molar-refractivity contribution in [1.29, 1.82) is 0 Å². The van der Waals surface area contributed by atoms with E-state index in [1.54, 1.807) is 24.5 Å². The third-order valence-electron chi connectivity index (χ3n) is 3.53. The molecule has 0 aliphatic rings. The highest BCUT2D eigenvalue weighted by Crippen LogP contribution is 2.12. The first-order valence-corrected chi connectivity index (χ1v) is 7.15. The van der Waals surface area contributed by atoms with Crippen molar-refractivity contribution in [1.82, 2.24) is 10.6 Å². The summed E-state index contributed by atoms with van der Waals surface area (Å²) in [7, 11) is 0. The number of rotatable bonds is 5. The highest BCUT2D eigenvalue weighted by atomic mass is 16.3. The zero-order valence-electron chi connectivity index (χ0n) is 13.0. The number of benzene rings is 1. The number of hydrogen-bond donors (Lipinski definition) is 2. The summed E-state index contributed by atoms with van der Waals surface area (Å²) in [5.74, 6) is 0.152. The lowest BCUT2D eigenvalue weighted by Gasteiger charge is -2.12. The summed E-state index contributed by atoms with van der Waals surface area (Å²) in [6.07, 6.45) is 1.56. The van der Waals surface area contributed by atoms with E-state index in [0.29, 0.717) is 11.3 Å². The van der Waals surface area contributed by atoms with Gasteiger partial charge < -0.3 is 15.1 Å². The molecule has 0 bridgehead atoms. The second-order valence-electron chi connectivity index (χ2n) is 5.29. The summed E-state index contributed by atoms with van der Waals surface area (Å²) in [5, 5.41) is 5.38. The Labute approximate surface area is 129 Å². The van der Waals surface area contributed by atoms with Crippen molar-refractivity contribution in [3.63, 3.8) is 0 Å². The first-order valence-electron chi connectivity index (χ1n) is 7.15. The third kappa shape index (κ3) is 3.97. The number of hydrogen-bond acceptors (Lipinski definition) is 3. The van der Waals surface area contributed by atoms with Crippen molar-refractivity contribution in [2.24, 2.45) is 0 Å². The molecule has 2 aromatic rings. The predicted molar refractivity (Wildman–Crippen MR) is 83.5 cm³/mol. The maximum atomic E-state index is 12.0. The first kappa shape index (κ1) is 15.8. The lowest BCUT2D eigenvalue weighted by Crippen LogP contribution is -2.37. The predicted octanol–water partition coefficient (Wildman–Crippen LogP) is 2.50. The molecule has 2 amide bonds. The van der Waals surface area contributed by atoms with Crippen LogP contribution in [0.5, 0.6) is 0 Å². The quantitative estimate of drug-likeness (QED) is 0.891. The van der Waals surface area contributed by atoms with Gasteiger partial charge >= 0.3 is 0 Å². The van der Waals surface area contributed by atoms with Gasteiger partial charge in [0.15, 0.2) is 0 Å². The number of carbonyl (C=O) groups excluding carboxylic acids is 2. The molecule has 0 aliphatic heterocycles. The highest BCUT2D eigenvalue weighted by Gasteiger charge is 2.13. The number of nitrogens with one attached hydrogen (secondary N) is 2. The van der Waals surface area contributed by atoms with Crippen LogP contribution in [0.15, 0.2) is 41.0 Å². The molecule has 0 spiro atoms. The molecule has 0 radical (unpaired) electrons. The minimum atomic E-state index is -0.263. The Bertz CT molecular complexity index is 663. The van der Waals surface area contributed by atoms with Crippen molar-refractivity contribution in [3.8, 4) is 0 Å². The largest absolute Gasteiger partial charge is 0.467 e. The average Bonchev–Trinajstić information content (AvgIpc) is 3.02. The van der Waals surface area contributed by atoms with Crippen LogP contribution < -0.4 is 10.6 Å². The Kier molecular flexibility index (Phi) is 4.99. The van der Waals surface area contributed by atoms with Crippen LogP contribution in [0.3, 0.4) is 0 Å². The Morgan fingerprint density at radius 2 is 1.95 bits per heavy atom. The Morgan fingerprint density at radius 1 is 1.18 bits per heavy atom. The van der Waals surface area contributed by atoms with Crippen molar-refractivity contribution in [2.45, 2.75) is 26.8 Å². The maximum absolute atomic E-state index is 12.0. The molecule has 1 aromatic carbocycles. The van der Waals surface area contributed by atoms with Gasteiger partial charge in [0.25, 0.3) is 5.91 Å². The fourth-order valence-corrected chi connectivity index (χ4v) is 2.05. The number of amides is 2. The average molecular weight is 300 g/mol. The van der Waals surface area contributed by atoms with Gasteiger partial charge in [-0.05, 0) is 56.2 Å². The molecule has 5 nitrogen and oxygen atoms in total. The topological polar surface area (TPSA) is 71.3 Å². The minimum Gasteiger partial charge on any atom is -0.467 e. The van der Waals surface area contributed by atoms with Crippen LogP contribution in [-0.4, -0.2) is 18.4 Å². The van der Waals surface area contributed by atoms with Gasteiger partial charge in [-0.25, -0.2) is 0 Å². The molecule has 0 saturated carbocycles. The molecule has 1 atom stereocenters. The van der Waals surface area contributed by atoms with Gasteiger partial charge in [0.2, 0.25) is 5.91 Å². The summed E-state index contributed by atoms with van der Waals surface area (Å²) >= 11 is 0. The van der Waals surface area contributed by atoms with E-state index >= 15 is 0 Å². The number of furan rings is 1. The van der Waals surface area contributed by atoms with Gasteiger partial charge in [0.1, 0.15) is 5.76 Å². The monoisotopic (exact) mass is 300 g/mol. The molecule has 0 saturated heterocycles. The second kappa shape index (κ2) is 6.93. The van der Waals surface area contributed by atoms with E-state index < -0.39 is 0 Å². The third-order valence-corrected chi connectivity index (χ3v) is 3.53. The highest BCUT2D eigenvalue weighted by molar-refractivity contribution is 5.96. The first-order chi connectivity index (χ1) is 10.5. The zero-order chi connectivity index (χ0) is 16.1. The molecule has 2 N–H and O–H groups in total. The Balaban J connectivity index is 1.85. The summed E-state index contributed by atoms with van der Waals surface area (Å²) in [6.45, 7) is 5.68. The molecule has 2 rings (SSSR count). The smallest absolute Gasteiger partial charge is 0.251 e. The van der Waals surface area contributed by atoms with Crippen LogP contribution in [0.25, 0.3) is 0 Å². The van der Waals surface area contributed by atoms with E-state index in [9.17, 15) is 9.59 Å². The van der Waals surface area contributed by atoms with Gasteiger partial charge in [-0.15, -0.1) is 0 Å². The molecule has 0 fully saturated rings. The number of carbonyl (C=O) groups is 2. The lowest BCUT2D eigenvalue weighted by atomic mass is 10.1. The molecule has 0 aliphatic carbocycles. The normalized spacial score (nSPS) is 11.8. The molecular weight excluding hydrogens is 280 g/mol. The van der Waals surface area contributed by atoms with Crippen molar-refractivity contribution < 1.29 is 14.0 Å². The summed E-state index contributed by atoms with van der Waals surface area (Å²) < 4.78 is 5.21. The molecular formula is C17H20N2O3. The van der Waals surface area contributed by atoms with Crippen LogP contribution in [0.4, 0.5) is 0 Å². The Hall–Kier alpha value is -2.56. The molecule has 5 heteroatoms. The maximum Gasteiger partial charge on any atom is 0.251 e. The van der Waals surface area contributed by atoms with E-state index in [1.807, 2.05) is 32.9 Å². The Morgan fingerprint density at radius 3 is 2.59 bits per heavy atom. The van der Waals surface area contributed by atoms with Crippen molar-refractivity contribution in [3.05, 3.63) is 59.0 Å². The standard InChI is InChI=1S/C17H20N2O3/c1-11-6-7-14(9-12(11)2)17(21)18-10-16(20)19-13(3)15-5-4-8-22-15/h4-9,13H,10H2,1-3H3,(H,18,21)(H,19,20)/t13-/m0/s1. The van der Waals surface area contributed by atoms with Gasteiger partial charge in [-0.1, -0.05) is 6.07 Å². The summed E-state index contributed by atoms with van der Waals surface area (Å²) in [5.41, 5.74) is 2.72. The van der Waals surface area contributed by atoms with Crippen molar-refractivity contribution >= 4 is 11.8 Å². The van der Waals surface area contributed by atoms with Crippen LogP contribution in [0.1, 0.15) is 40.2 Å². The summed E-state index contributed by atoms with van der Waals surface area (Å²) in [4.78, 5) is 23.9. The minimum absolute atomic E-state index is 0.0726.